The summed E-state index contributed by atoms with van der Waals surface area (Å²) in [6.45, 7) is 7.00. The summed E-state index contributed by atoms with van der Waals surface area (Å²) in [5.41, 5.74) is 12.8. The van der Waals surface area contributed by atoms with Crippen molar-refractivity contribution in [2.45, 2.75) is 19.8 Å². The smallest absolute Gasteiger partial charge is 0.0569 e. The van der Waals surface area contributed by atoms with E-state index < -0.39 is 0 Å². The minimum Gasteiger partial charge on any atom is -0.310 e. The van der Waals surface area contributed by atoms with Crippen LogP contribution in [0.25, 0.3) is 65.8 Å². The highest BCUT2D eigenvalue weighted by Gasteiger charge is 2.23. The molecular weight excluding hydrogens is 651 g/mol. The number of allylic oxidation sites excluding steroid dienone is 4. The SMILES string of the molecule is C=C(C1=CCCC=C1)N(/C(=C(\C)c1ccccc1)c1ccccc1)c1ccc(-c2c3ccccc3c(-c3ccc4ccccc4c3)c3ccccc23)cc1. The Kier molecular flexibility index (Phi) is 8.83. The molecule has 0 aliphatic heterocycles. The zero-order valence-electron chi connectivity index (χ0n) is 30.5. The van der Waals surface area contributed by atoms with Gasteiger partial charge in [-0.25, -0.2) is 0 Å². The minimum absolute atomic E-state index is 0.962. The van der Waals surface area contributed by atoms with Crippen molar-refractivity contribution >= 4 is 49.3 Å². The zero-order valence-corrected chi connectivity index (χ0v) is 30.5. The first kappa shape index (κ1) is 33.2. The van der Waals surface area contributed by atoms with Crippen molar-refractivity contribution in [2.24, 2.45) is 0 Å². The van der Waals surface area contributed by atoms with Crippen LogP contribution >= 0.6 is 0 Å². The fourth-order valence-electron chi connectivity index (χ4n) is 8.18. The molecule has 0 fully saturated rings. The first-order chi connectivity index (χ1) is 26.7. The molecule has 0 saturated heterocycles. The van der Waals surface area contributed by atoms with E-state index in [9.17, 15) is 0 Å². The zero-order chi connectivity index (χ0) is 36.4. The molecule has 0 saturated carbocycles. The number of hydrogen-bond donors (Lipinski definition) is 0. The van der Waals surface area contributed by atoms with Gasteiger partial charge in [0.15, 0.2) is 0 Å². The first-order valence-corrected chi connectivity index (χ1v) is 18.9. The minimum atomic E-state index is 0.962. The molecule has 1 aliphatic carbocycles. The number of benzene rings is 8. The van der Waals surface area contributed by atoms with E-state index in [2.05, 4.69) is 206 Å². The van der Waals surface area contributed by atoms with Gasteiger partial charge in [-0.15, -0.1) is 0 Å². The molecule has 0 spiro atoms. The van der Waals surface area contributed by atoms with Crippen molar-refractivity contribution in [2.75, 3.05) is 4.90 Å². The van der Waals surface area contributed by atoms with Crippen LogP contribution in [0.4, 0.5) is 5.69 Å². The van der Waals surface area contributed by atoms with Gasteiger partial charge in [-0.3, -0.25) is 0 Å². The van der Waals surface area contributed by atoms with Gasteiger partial charge in [-0.1, -0.05) is 183 Å². The Hall–Kier alpha value is -6.70. The van der Waals surface area contributed by atoms with Gasteiger partial charge in [0.1, 0.15) is 0 Å². The lowest BCUT2D eigenvalue weighted by molar-refractivity contribution is 1.01. The largest absolute Gasteiger partial charge is 0.310 e. The summed E-state index contributed by atoms with van der Waals surface area (Å²) in [6, 6.07) is 63.8. The van der Waals surface area contributed by atoms with Crippen LogP contribution in [0.15, 0.2) is 212 Å². The molecule has 1 heteroatoms. The molecule has 258 valence electrons. The topological polar surface area (TPSA) is 3.24 Å². The molecule has 0 heterocycles. The van der Waals surface area contributed by atoms with E-state index in [-0.39, 0.29) is 0 Å². The van der Waals surface area contributed by atoms with Gasteiger partial charge in [0.25, 0.3) is 0 Å². The van der Waals surface area contributed by atoms with Crippen LogP contribution in [0.3, 0.4) is 0 Å². The van der Waals surface area contributed by atoms with E-state index in [1.54, 1.807) is 0 Å². The number of nitrogens with zero attached hydrogens (tertiary/aromatic N) is 1. The second-order valence-electron chi connectivity index (χ2n) is 14.1. The lowest BCUT2D eigenvalue weighted by atomic mass is 9.85. The lowest BCUT2D eigenvalue weighted by Gasteiger charge is -2.33. The molecule has 0 bridgehead atoms. The van der Waals surface area contributed by atoms with Gasteiger partial charge in [-0.2, -0.15) is 0 Å². The Bertz CT molecular complexity index is 2710. The van der Waals surface area contributed by atoms with Crippen LogP contribution < -0.4 is 4.90 Å². The van der Waals surface area contributed by atoms with Gasteiger partial charge < -0.3 is 4.90 Å². The average Bonchev–Trinajstić information content (AvgIpc) is 3.25. The van der Waals surface area contributed by atoms with Crippen LogP contribution in [0, 0.1) is 0 Å². The molecule has 0 amide bonds. The lowest BCUT2D eigenvalue weighted by Crippen LogP contribution is -2.22. The van der Waals surface area contributed by atoms with Crippen LogP contribution in [0.2, 0.25) is 0 Å². The van der Waals surface area contributed by atoms with Crippen molar-refractivity contribution in [1.82, 2.24) is 0 Å². The molecule has 0 aromatic heterocycles. The van der Waals surface area contributed by atoms with Gasteiger partial charge in [-0.05, 0) is 115 Å². The van der Waals surface area contributed by atoms with Crippen molar-refractivity contribution in [1.29, 1.82) is 0 Å². The third-order valence-corrected chi connectivity index (χ3v) is 10.8. The summed E-state index contributed by atoms with van der Waals surface area (Å²) in [7, 11) is 0. The molecule has 9 rings (SSSR count). The molecule has 1 aliphatic rings. The summed E-state index contributed by atoms with van der Waals surface area (Å²) >= 11 is 0. The number of hydrogen-bond acceptors (Lipinski definition) is 1. The van der Waals surface area contributed by atoms with Crippen molar-refractivity contribution < 1.29 is 0 Å². The standard InChI is InChI=1S/C53H41N/c1-37(39-18-6-3-7-19-39)53(43-23-10-5-11-24-43)54(38(2)40-20-8-4-9-21-40)46-34-32-42(33-35-46)51-47-26-14-16-28-49(47)52(50-29-17-15-27-48(50)51)45-31-30-41-22-12-13-25-44(41)36-45/h3,5-8,10-36H,2,4,9H2,1H3/b53-37+. The molecule has 0 N–H and O–H groups in total. The maximum atomic E-state index is 4.77. The Morgan fingerprint density at radius 1 is 0.500 bits per heavy atom. The Morgan fingerprint density at radius 3 is 1.61 bits per heavy atom. The fraction of sp³-hybridized carbons (Fsp3) is 0.0566. The maximum Gasteiger partial charge on any atom is 0.0569 e. The average molecular weight is 692 g/mol. The predicted octanol–water partition coefficient (Wildman–Crippen LogP) is 14.7. The fourth-order valence-corrected chi connectivity index (χ4v) is 8.18. The van der Waals surface area contributed by atoms with Crippen LogP contribution in [-0.4, -0.2) is 0 Å². The van der Waals surface area contributed by atoms with E-state index >= 15 is 0 Å². The third-order valence-electron chi connectivity index (χ3n) is 10.8. The Balaban J connectivity index is 1.24. The molecule has 0 radical (unpaired) electrons. The molecule has 8 aromatic carbocycles. The van der Waals surface area contributed by atoms with Crippen molar-refractivity contribution in [3.8, 4) is 22.3 Å². The normalized spacial score (nSPS) is 13.2. The summed E-state index contributed by atoms with van der Waals surface area (Å²) in [6.07, 6.45) is 8.87. The maximum absolute atomic E-state index is 4.77. The molecular formula is C53H41N. The van der Waals surface area contributed by atoms with Crippen molar-refractivity contribution in [3.05, 3.63) is 223 Å². The first-order valence-electron chi connectivity index (χ1n) is 18.9. The number of anilines is 1. The predicted molar refractivity (Wildman–Crippen MR) is 233 cm³/mol. The van der Waals surface area contributed by atoms with E-state index in [1.165, 1.54) is 65.7 Å². The molecule has 0 unspecified atom stereocenters. The monoisotopic (exact) mass is 691 g/mol. The van der Waals surface area contributed by atoms with Gasteiger partial charge in [0.2, 0.25) is 0 Å². The van der Waals surface area contributed by atoms with Gasteiger partial charge >= 0.3 is 0 Å². The van der Waals surface area contributed by atoms with Crippen LogP contribution in [0.1, 0.15) is 30.9 Å². The summed E-state index contributed by atoms with van der Waals surface area (Å²) in [4.78, 5) is 2.36. The molecule has 0 atom stereocenters. The molecule has 8 aromatic rings. The second-order valence-corrected chi connectivity index (χ2v) is 14.1. The van der Waals surface area contributed by atoms with Crippen LogP contribution in [-0.2, 0) is 0 Å². The summed E-state index contributed by atoms with van der Waals surface area (Å²) in [5, 5.41) is 7.50. The summed E-state index contributed by atoms with van der Waals surface area (Å²) in [5.74, 6) is 0. The quantitative estimate of drug-likeness (QED) is 0.113. The van der Waals surface area contributed by atoms with Crippen molar-refractivity contribution in [3.63, 3.8) is 0 Å². The van der Waals surface area contributed by atoms with Gasteiger partial charge in [0.05, 0.1) is 5.70 Å². The highest BCUT2D eigenvalue weighted by atomic mass is 15.2. The Morgan fingerprint density at radius 2 is 1.02 bits per heavy atom. The van der Waals surface area contributed by atoms with Crippen LogP contribution in [0.5, 0.6) is 0 Å². The summed E-state index contributed by atoms with van der Waals surface area (Å²) < 4.78 is 0. The van der Waals surface area contributed by atoms with E-state index in [4.69, 9.17) is 6.58 Å². The van der Waals surface area contributed by atoms with E-state index in [1.807, 2.05) is 0 Å². The molecule has 1 nitrogen and oxygen atoms in total. The van der Waals surface area contributed by atoms with E-state index in [0.717, 1.165) is 41.1 Å². The van der Waals surface area contributed by atoms with E-state index in [0.29, 0.717) is 0 Å². The second kappa shape index (κ2) is 14.4. The van der Waals surface area contributed by atoms with Gasteiger partial charge in [0, 0.05) is 11.4 Å². The third kappa shape index (κ3) is 6.04. The number of rotatable bonds is 8. The highest BCUT2D eigenvalue weighted by molar-refractivity contribution is 6.21. The highest BCUT2D eigenvalue weighted by Crippen LogP contribution is 2.45. The number of fused-ring (bicyclic) bond motifs is 3. The Labute approximate surface area is 318 Å². The molecule has 54 heavy (non-hydrogen) atoms.